The van der Waals surface area contributed by atoms with Crippen LogP contribution < -0.4 is 10.1 Å². The molecule has 3 rings (SSSR count). The Morgan fingerprint density at radius 3 is 2.64 bits per heavy atom. The molecule has 2 heterocycles. The first kappa shape index (κ1) is 20.9. The lowest BCUT2D eigenvalue weighted by Gasteiger charge is -2.40. The van der Waals surface area contributed by atoms with E-state index in [1.807, 2.05) is 7.05 Å². The van der Waals surface area contributed by atoms with Crippen LogP contribution in [0.2, 0.25) is 0 Å². The number of aliphatic imine (C=N–C) groups is 1. The van der Waals surface area contributed by atoms with E-state index in [4.69, 9.17) is 9.47 Å². The maximum atomic E-state index is 5.33. The normalized spacial score (nSPS) is 26.5. The largest absolute Gasteiger partial charge is 0.497 e. The van der Waals surface area contributed by atoms with Gasteiger partial charge >= 0.3 is 0 Å². The van der Waals surface area contributed by atoms with Crippen molar-refractivity contribution in [3.63, 3.8) is 0 Å². The number of benzene rings is 1. The van der Waals surface area contributed by atoms with Gasteiger partial charge in [0.25, 0.3) is 0 Å². The van der Waals surface area contributed by atoms with Crippen molar-refractivity contribution in [3.8, 4) is 5.75 Å². The molecule has 6 nitrogen and oxygen atoms in total. The van der Waals surface area contributed by atoms with E-state index in [1.165, 1.54) is 24.8 Å². The topological polar surface area (TPSA) is 49.3 Å². The molecule has 0 amide bonds. The SMILES string of the molecule is CN=C(NCC1CCCN(C)C1c1ccc(OC)cc1)N1CCC(COC)C1. The molecule has 156 valence electrons. The summed E-state index contributed by atoms with van der Waals surface area (Å²) in [5, 5.41) is 3.67. The Bertz CT molecular complexity index is 634. The highest BCUT2D eigenvalue weighted by atomic mass is 16.5. The Labute approximate surface area is 169 Å². The first-order chi connectivity index (χ1) is 13.7. The highest BCUT2D eigenvalue weighted by Gasteiger charge is 2.31. The van der Waals surface area contributed by atoms with Crippen molar-refractivity contribution >= 4 is 5.96 Å². The van der Waals surface area contributed by atoms with Crippen LogP contribution >= 0.6 is 0 Å². The van der Waals surface area contributed by atoms with E-state index in [-0.39, 0.29) is 0 Å². The molecule has 0 radical (unpaired) electrons. The van der Waals surface area contributed by atoms with Crippen LogP contribution in [0.4, 0.5) is 0 Å². The van der Waals surface area contributed by atoms with Crippen molar-refractivity contribution in [2.75, 3.05) is 61.1 Å². The molecule has 3 unspecified atom stereocenters. The number of nitrogens with one attached hydrogen (secondary N) is 1. The fraction of sp³-hybridized carbons (Fsp3) is 0.682. The third-order valence-corrected chi connectivity index (χ3v) is 6.19. The van der Waals surface area contributed by atoms with Gasteiger partial charge in [0.05, 0.1) is 13.7 Å². The molecule has 2 saturated heterocycles. The summed E-state index contributed by atoms with van der Waals surface area (Å²) in [5.41, 5.74) is 1.37. The Morgan fingerprint density at radius 1 is 1.18 bits per heavy atom. The fourth-order valence-corrected chi connectivity index (χ4v) is 4.75. The van der Waals surface area contributed by atoms with Crippen LogP contribution in [0, 0.1) is 11.8 Å². The zero-order chi connectivity index (χ0) is 19.9. The second kappa shape index (κ2) is 10.1. The molecule has 0 spiro atoms. The van der Waals surface area contributed by atoms with Gasteiger partial charge in [-0.2, -0.15) is 0 Å². The van der Waals surface area contributed by atoms with Gasteiger partial charge in [-0.05, 0) is 56.5 Å². The molecule has 3 atom stereocenters. The molecule has 0 bridgehead atoms. The number of guanidine groups is 1. The Balaban J connectivity index is 1.63. The molecule has 2 fully saturated rings. The Kier molecular flexibility index (Phi) is 7.57. The highest BCUT2D eigenvalue weighted by Crippen LogP contribution is 2.35. The third-order valence-electron chi connectivity index (χ3n) is 6.19. The Morgan fingerprint density at radius 2 is 1.96 bits per heavy atom. The van der Waals surface area contributed by atoms with Crippen LogP contribution in [0.3, 0.4) is 0 Å². The minimum atomic E-state index is 0.421. The van der Waals surface area contributed by atoms with Crippen LogP contribution in [0.25, 0.3) is 0 Å². The molecule has 28 heavy (non-hydrogen) atoms. The molecular formula is C22H36N4O2. The van der Waals surface area contributed by atoms with Crippen molar-refractivity contribution < 1.29 is 9.47 Å². The van der Waals surface area contributed by atoms with E-state index in [1.54, 1.807) is 14.2 Å². The predicted octanol–water partition coefficient (Wildman–Crippen LogP) is 2.62. The molecule has 0 aromatic heterocycles. The summed E-state index contributed by atoms with van der Waals surface area (Å²) in [7, 11) is 7.63. The zero-order valence-electron chi connectivity index (χ0n) is 17.9. The van der Waals surface area contributed by atoms with Gasteiger partial charge in [-0.15, -0.1) is 0 Å². The van der Waals surface area contributed by atoms with E-state index in [9.17, 15) is 0 Å². The smallest absolute Gasteiger partial charge is 0.193 e. The zero-order valence-corrected chi connectivity index (χ0v) is 17.9. The van der Waals surface area contributed by atoms with E-state index in [0.29, 0.717) is 17.9 Å². The molecule has 1 aromatic carbocycles. The summed E-state index contributed by atoms with van der Waals surface area (Å²) >= 11 is 0. The van der Waals surface area contributed by atoms with Gasteiger partial charge in [-0.25, -0.2) is 0 Å². The fourth-order valence-electron chi connectivity index (χ4n) is 4.75. The van der Waals surface area contributed by atoms with E-state index < -0.39 is 0 Å². The number of nitrogens with zero attached hydrogens (tertiary/aromatic N) is 3. The van der Waals surface area contributed by atoms with Crippen LogP contribution in [-0.4, -0.2) is 76.9 Å². The number of likely N-dealkylation sites (tertiary alicyclic amines) is 2. The lowest BCUT2D eigenvalue weighted by atomic mass is 9.85. The second-order valence-corrected chi connectivity index (χ2v) is 8.09. The van der Waals surface area contributed by atoms with Gasteiger partial charge < -0.3 is 19.7 Å². The minimum Gasteiger partial charge on any atom is -0.497 e. The van der Waals surface area contributed by atoms with Crippen molar-refractivity contribution in [2.24, 2.45) is 16.8 Å². The summed E-state index contributed by atoms with van der Waals surface area (Å²) < 4.78 is 10.7. The molecule has 6 heteroatoms. The number of rotatable bonds is 6. The Hall–Kier alpha value is -1.79. The van der Waals surface area contributed by atoms with E-state index >= 15 is 0 Å². The van der Waals surface area contributed by atoms with Gasteiger partial charge in [0.15, 0.2) is 5.96 Å². The lowest BCUT2D eigenvalue weighted by molar-refractivity contribution is 0.122. The van der Waals surface area contributed by atoms with E-state index in [2.05, 4.69) is 51.4 Å². The average Bonchev–Trinajstić information content (AvgIpc) is 3.17. The van der Waals surface area contributed by atoms with Crippen LogP contribution in [-0.2, 0) is 4.74 Å². The monoisotopic (exact) mass is 388 g/mol. The third kappa shape index (κ3) is 4.97. The maximum absolute atomic E-state index is 5.33. The molecule has 2 aliphatic rings. The molecule has 1 N–H and O–H groups in total. The van der Waals surface area contributed by atoms with Crippen molar-refractivity contribution in [2.45, 2.75) is 25.3 Å². The van der Waals surface area contributed by atoms with E-state index in [0.717, 1.165) is 44.5 Å². The van der Waals surface area contributed by atoms with Crippen molar-refractivity contribution in [1.29, 1.82) is 0 Å². The average molecular weight is 389 g/mol. The molecule has 2 aliphatic heterocycles. The predicted molar refractivity (Wildman–Crippen MR) is 114 cm³/mol. The summed E-state index contributed by atoms with van der Waals surface area (Å²) in [5.74, 6) is 3.11. The summed E-state index contributed by atoms with van der Waals surface area (Å²) in [6, 6.07) is 8.99. The van der Waals surface area contributed by atoms with Crippen molar-refractivity contribution in [3.05, 3.63) is 29.8 Å². The first-order valence-electron chi connectivity index (χ1n) is 10.4. The number of hydrogen-bond acceptors (Lipinski definition) is 4. The van der Waals surface area contributed by atoms with Crippen LogP contribution in [0.15, 0.2) is 29.3 Å². The molecule has 0 aliphatic carbocycles. The molecular weight excluding hydrogens is 352 g/mol. The number of hydrogen-bond donors (Lipinski definition) is 1. The molecule has 1 aromatic rings. The number of ether oxygens (including phenoxy) is 2. The van der Waals surface area contributed by atoms with Gasteiger partial charge in [0, 0.05) is 45.8 Å². The summed E-state index contributed by atoms with van der Waals surface area (Å²) in [4.78, 5) is 9.41. The number of piperidine rings is 1. The summed E-state index contributed by atoms with van der Waals surface area (Å²) in [6.07, 6.45) is 3.65. The van der Waals surface area contributed by atoms with Gasteiger partial charge in [0.2, 0.25) is 0 Å². The quantitative estimate of drug-likeness (QED) is 0.600. The molecule has 0 saturated carbocycles. The number of methoxy groups -OCH3 is 2. The first-order valence-corrected chi connectivity index (χ1v) is 10.4. The second-order valence-electron chi connectivity index (χ2n) is 8.09. The van der Waals surface area contributed by atoms with Gasteiger partial charge in [-0.3, -0.25) is 9.89 Å². The van der Waals surface area contributed by atoms with Crippen LogP contribution in [0.5, 0.6) is 5.75 Å². The minimum absolute atomic E-state index is 0.421. The lowest BCUT2D eigenvalue weighted by Crippen LogP contribution is -2.46. The van der Waals surface area contributed by atoms with Crippen LogP contribution in [0.1, 0.15) is 30.9 Å². The standard InChI is InChI=1S/C22H36N4O2/c1-23-22(26-13-11-17(15-26)16-27-3)24-14-19-6-5-12-25(2)21(19)18-7-9-20(28-4)10-8-18/h7-10,17,19,21H,5-6,11-16H2,1-4H3,(H,23,24). The van der Waals surface area contributed by atoms with Gasteiger partial charge in [0.1, 0.15) is 5.75 Å². The maximum Gasteiger partial charge on any atom is 0.193 e. The van der Waals surface area contributed by atoms with Crippen molar-refractivity contribution in [1.82, 2.24) is 15.1 Å². The van der Waals surface area contributed by atoms with Gasteiger partial charge in [-0.1, -0.05) is 12.1 Å². The highest BCUT2D eigenvalue weighted by molar-refractivity contribution is 5.80. The summed E-state index contributed by atoms with van der Waals surface area (Å²) in [6.45, 7) is 5.01.